The maximum Gasteiger partial charge on any atom is 0.356 e. The van der Waals surface area contributed by atoms with E-state index in [1.54, 1.807) is 13.1 Å². The summed E-state index contributed by atoms with van der Waals surface area (Å²) in [5.74, 6) is -1.51. The number of anilines is 1. The van der Waals surface area contributed by atoms with Gasteiger partial charge in [0.05, 0.1) is 28.8 Å². The average molecular weight is 468 g/mol. The lowest BCUT2D eigenvalue weighted by Gasteiger charge is -2.20. The molecule has 1 atom stereocenters. The number of pyridine rings is 2. The van der Waals surface area contributed by atoms with Crippen molar-refractivity contribution >= 4 is 34.2 Å². The van der Waals surface area contributed by atoms with Crippen LogP contribution in [0.2, 0.25) is 5.15 Å². The van der Waals surface area contributed by atoms with Crippen LogP contribution in [0.5, 0.6) is 0 Å². The van der Waals surface area contributed by atoms with Crippen molar-refractivity contribution in [3.8, 4) is 11.4 Å². The highest BCUT2D eigenvalue weighted by atomic mass is 35.5. The number of aromatic nitrogens is 4. The highest BCUT2D eigenvalue weighted by molar-refractivity contribution is 6.29. The summed E-state index contributed by atoms with van der Waals surface area (Å²) in [4.78, 5) is 37.2. The van der Waals surface area contributed by atoms with Gasteiger partial charge in [-0.15, -0.1) is 0 Å². The number of aryl methyl sites for hydroxylation is 1. The molecule has 3 heterocycles. The van der Waals surface area contributed by atoms with Crippen LogP contribution in [0.15, 0.2) is 47.5 Å². The van der Waals surface area contributed by atoms with Gasteiger partial charge in [-0.05, 0) is 43.7 Å². The number of hydrogen-bond acceptors (Lipinski definition) is 6. The van der Waals surface area contributed by atoms with E-state index in [2.05, 4.69) is 20.3 Å². The topological polar surface area (TPSA) is 110 Å². The van der Waals surface area contributed by atoms with Crippen molar-refractivity contribution in [1.29, 1.82) is 0 Å². The van der Waals surface area contributed by atoms with Crippen molar-refractivity contribution in [2.75, 3.05) is 5.32 Å². The van der Waals surface area contributed by atoms with Gasteiger partial charge < -0.3 is 10.4 Å². The van der Waals surface area contributed by atoms with Crippen molar-refractivity contribution in [2.45, 2.75) is 19.9 Å². The fraction of sp³-hybridized carbons (Fsp3) is 0.174. The molecule has 0 aliphatic rings. The number of carbonyl (C=O) groups is 1. The van der Waals surface area contributed by atoms with Gasteiger partial charge in [-0.25, -0.2) is 19.2 Å². The molecule has 1 aromatic carbocycles. The number of carboxylic acid groups (broad SMARTS) is 1. The minimum absolute atomic E-state index is 0.0603. The summed E-state index contributed by atoms with van der Waals surface area (Å²) < 4.78 is 15.1. The van der Waals surface area contributed by atoms with Crippen molar-refractivity contribution < 1.29 is 14.3 Å². The molecule has 8 nitrogen and oxygen atoms in total. The fourth-order valence-corrected chi connectivity index (χ4v) is 3.85. The Kier molecular flexibility index (Phi) is 5.82. The minimum Gasteiger partial charge on any atom is -0.476 e. The van der Waals surface area contributed by atoms with E-state index in [0.29, 0.717) is 22.0 Å². The van der Waals surface area contributed by atoms with E-state index in [4.69, 9.17) is 11.6 Å². The molecule has 4 rings (SSSR count). The van der Waals surface area contributed by atoms with Crippen molar-refractivity contribution in [2.24, 2.45) is 7.05 Å². The molecule has 2 N–H and O–H groups in total. The first kappa shape index (κ1) is 22.3. The summed E-state index contributed by atoms with van der Waals surface area (Å²) >= 11 is 5.85. The van der Waals surface area contributed by atoms with E-state index < -0.39 is 17.8 Å². The first-order chi connectivity index (χ1) is 15.7. The van der Waals surface area contributed by atoms with Gasteiger partial charge in [-0.1, -0.05) is 17.7 Å². The number of halogens is 2. The van der Waals surface area contributed by atoms with Crippen LogP contribution >= 0.6 is 11.6 Å². The maximum atomic E-state index is 13.8. The quantitative estimate of drug-likeness (QED) is 0.419. The summed E-state index contributed by atoms with van der Waals surface area (Å²) in [5.41, 5.74) is 2.03. The van der Waals surface area contributed by atoms with Gasteiger partial charge in [0.25, 0.3) is 5.56 Å². The van der Waals surface area contributed by atoms with E-state index >= 15 is 0 Å². The molecule has 3 aromatic heterocycles. The molecular weight excluding hydrogens is 449 g/mol. The van der Waals surface area contributed by atoms with Crippen molar-refractivity contribution in [1.82, 2.24) is 19.5 Å². The van der Waals surface area contributed by atoms with Crippen LogP contribution in [-0.4, -0.2) is 30.6 Å². The molecule has 168 valence electrons. The zero-order chi connectivity index (χ0) is 23.9. The molecule has 0 saturated carbocycles. The van der Waals surface area contributed by atoms with Gasteiger partial charge in [0, 0.05) is 24.4 Å². The Labute approximate surface area is 192 Å². The van der Waals surface area contributed by atoms with Crippen LogP contribution in [0.1, 0.15) is 34.6 Å². The van der Waals surface area contributed by atoms with Gasteiger partial charge in [-0.3, -0.25) is 14.3 Å². The van der Waals surface area contributed by atoms with E-state index in [9.17, 15) is 19.1 Å². The molecule has 10 heteroatoms. The number of hydrogen-bond donors (Lipinski definition) is 2. The van der Waals surface area contributed by atoms with Crippen LogP contribution in [0.3, 0.4) is 0 Å². The van der Waals surface area contributed by atoms with Crippen LogP contribution in [-0.2, 0) is 7.05 Å². The summed E-state index contributed by atoms with van der Waals surface area (Å²) in [6.45, 7) is 3.67. The molecule has 0 radical (unpaired) electrons. The lowest BCUT2D eigenvalue weighted by molar-refractivity contribution is 0.0691. The minimum atomic E-state index is -1.23. The Morgan fingerprint density at radius 2 is 1.97 bits per heavy atom. The zero-order valence-electron chi connectivity index (χ0n) is 17.9. The number of fused-ring (bicyclic) bond motifs is 1. The Morgan fingerprint density at radius 1 is 1.21 bits per heavy atom. The SMILES string of the molecule is Cc1cc([C@@H](C)Nc2ccc(Cl)nc2C(=O)O)c2nc(-c3cncc(F)c3)n(C)c(=O)c2c1. The number of carboxylic acids is 1. The van der Waals surface area contributed by atoms with Gasteiger partial charge in [0.1, 0.15) is 16.8 Å². The Bertz CT molecular complexity index is 1470. The Balaban J connectivity index is 1.89. The second kappa shape index (κ2) is 8.59. The van der Waals surface area contributed by atoms with Crippen LogP contribution in [0.25, 0.3) is 22.3 Å². The second-order valence-corrected chi connectivity index (χ2v) is 8.03. The summed E-state index contributed by atoms with van der Waals surface area (Å²) in [6, 6.07) is 7.43. The highest BCUT2D eigenvalue weighted by Gasteiger charge is 2.20. The summed E-state index contributed by atoms with van der Waals surface area (Å²) in [5, 5.41) is 13.1. The third kappa shape index (κ3) is 4.27. The zero-order valence-corrected chi connectivity index (χ0v) is 18.7. The summed E-state index contributed by atoms with van der Waals surface area (Å²) in [7, 11) is 1.57. The van der Waals surface area contributed by atoms with E-state index in [0.717, 1.165) is 11.8 Å². The normalized spacial score (nSPS) is 12.0. The van der Waals surface area contributed by atoms with Gasteiger partial charge in [-0.2, -0.15) is 0 Å². The molecule has 0 aliphatic heterocycles. The molecule has 0 unspecified atom stereocenters. The lowest BCUT2D eigenvalue weighted by Crippen LogP contribution is -2.22. The molecule has 0 bridgehead atoms. The molecular formula is C23H19ClFN5O3. The molecule has 4 aromatic rings. The molecule has 0 spiro atoms. The summed E-state index contributed by atoms with van der Waals surface area (Å²) in [6.07, 6.45) is 2.51. The fourth-order valence-electron chi connectivity index (χ4n) is 3.70. The standard InChI is InChI=1S/C23H19ClFN5O3/c1-11-6-15(12(2)27-17-4-5-18(24)28-20(17)23(32)33)19-16(7-11)22(31)30(3)21(29-19)13-8-14(25)10-26-9-13/h4-10,12,27H,1-3H3,(H,32,33)/t12-/m1/s1. The average Bonchev–Trinajstić information content (AvgIpc) is 2.77. The van der Waals surface area contributed by atoms with Gasteiger partial charge >= 0.3 is 5.97 Å². The molecule has 33 heavy (non-hydrogen) atoms. The number of benzene rings is 1. The predicted octanol–water partition coefficient (Wildman–Crippen LogP) is 4.36. The van der Waals surface area contributed by atoms with Crippen LogP contribution < -0.4 is 10.9 Å². The van der Waals surface area contributed by atoms with Gasteiger partial charge in [0.2, 0.25) is 0 Å². The largest absolute Gasteiger partial charge is 0.476 e. The molecule has 0 fully saturated rings. The van der Waals surface area contributed by atoms with Gasteiger partial charge in [0.15, 0.2) is 5.69 Å². The van der Waals surface area contributed by atoms with E-state index in [-0.39, 0.29) is 27.9 Å². The third-order valence-corrected chi connectivity index (χ3v) is 5.43. The third-order valence-electron chi connectivity index (χ3n) is 5.22. The smallest absolute Gasteiger partial charge is 0.356 e. The molecule has 0 amide bonds. The number of nitrogens with one attached hydrogen (secondary N) is 1. The first-order valence-corrected chi connectivity index (χ1v) is 10.3. The molecule has 0 aliphatic carbocycles. The Morgan fingerprint density at radius 3 is 2.67 bits per heavy atom. The predicted molar refractivity (Wildman–Crippen MR) is 123 cm³/mol. The number of nitrogens with zero attached hydrogens (tertiary/aromatic N) is 4. The van der Waals surface area contributed by atoms with Crippen molar-refractivity contribution in [3.05, 3.63) is 80.9 Å². The highest BCUT2D eigenvalue weighted by Crippen LogP contribution is 2.29. The van der Waals surface area contributed by atoms with Crippen LogP contribution in [0.4, 0.5) is 10.1 Å². The second-order valence-electron chi connectivity index (χ2n) is 7.64. The number of rotatable bonds is 5. The van der Waals surface area contributed by atoms with Crippen LogP contribution in [0, 0.1) is 12.7 Å². The Hall–Kier alpha value is -3.85. The monoisotopic (exact) mass is 467 g/mol. The van der Waals surface area contributed by atoms with Crippen molar-refractivity contribution in [3.63, 3.8) is 0 Å². The number of aromatic carboxylic acids is 1. The molecule has 0 saturated heterocycles. The van der Waals surface area contributed by atoms with E-state index in [1.165, 1.54) is 29.0 Å². The lowest BCUT2D eigenvalue weighted by atomic mass is 10.0. The maximum absolute atomic E-state index is 13.8. The van der Waals surface area contributed by atoms with E-state index in [1.807, 2.05) is 19.9 Å². The first-order valence-electron chi connectivity index (χ1n) is 9.94.